The Labute approximate surface area is 185 Å². The number of sulfonamides is 1. The van der Waals surface area contributed by atoms with Crippen molar-refractivity contribution in [1.29, 1.82) is 0 Å². The van der Waals surface area contributed by atoms with E-state index in [-0.39, 0.29) is 11.4 Å². The fraction of sp³-hybridized carbons (Fsp3) is 0.0909. The van der Waals surface area contributed by atoms with E-state index in [1.54, 1.807) is 36.4 Å². The Kier molecular flexibility index (Phi) is 5.95. The molecule has 0 unspecified atom stereocenters. The van der Waals surface area contributed by atoms with Gasteiger partial charge in [0.05, 0.1) is 10.6 Å². The van der Waals surface area contributed by atoms with E-state index in [1.807, 2.05) is 36.4 Å². The summed E-state index contributed by atoms with van der Waals surface area (Å²) < 4.78 is 27.2. The molecule has 0 aliphatic rings. The van der Waals surface area contributed by atoms with Crippen molar-refractivity contribution in [3.05, 3.63) is 84.9 Å². The van der Waals surface area contributed by atoms with Gasteiger partial charge in [-0.25, -0.2) is 8.42 Å². The van der Waals surface area contributed by atoms with E-state index in [0.29, 0.717) is 17.2 Å². The van der Waals surface area contributed by atoms with Crippen LogP contribution in [0.4, 0.5) is 11.4 Å². The fourth-order valence-corrected chi connectivity index (χ4v) is 4.25. The third-order valence-corrected chi connectivity index (χ3v) is 6.45. The largest absolute Gasteiger partial charge is 0.324 e. The maximum absolute atomic E-state index is 13.0. The second-order valence-electron chi connectivity index (χ2n) is 6.89. The van der Waals surface area contributed by atoms with Gasteiger partial charge in [-0.05, 0) is 35.5 Å². The molecule has 1 aromatic heterocycles. The number of anilines is 2. The van der Waals surface area contributed by atoms with Crippen molar-refractivity contribution in [2.75, 3.05) is 16.7 Å². The van der Waals surface area contributed by atoms with Crippen LogP contribution in [0.2, 0.25) is 0 Å². The zero-order valence-corrected chi connectivity index (χ0v) is 18.0. The molecular weight excluding hydrogens is 428 g/mol. The van der Waals surface area contributed by atoms with E-state index in [2.05, 4.69) is 20.7 Å². The van der Waals surface area contributed by atoms with Crippen molar-refractivity contribution in [3.63, 3.8) is 0 Å². The Balaban J connectivity index is 1.46. The molecule has 0 radical (unpaired) electrons. The summed E-state index contributed by atoms with van der Waals surface area (Å²) in [5, 5.41) is 14.7. The van der Waals surface area contributed by atoms with Crippen LogP contribution in [0.1, 0.15) is 0 Å². The van der Waals surface area contributed by atoms with E-state index >= 15 is 0 Å². The van der Waals surface area contributed by atoms with Crippen LogP contribution < -0.4 is 9.62 Å². The average molecular weight is 449 g/mol. The number of carbonyl (C=O) groups excluding carboxylic acids is 1. The smallest absolute Gasteiger partial charge is 0.264 e. The summed E-state index contributed by atoms with van der Waals surface area (Å²) >= 11 is 0. The normalized spacial score (nSPS) is 11.2. The summed E-state index contributed by atoms with van der Waals surface area (Å²) in [6, 6.07) is 24.1. The second kappa shape index (κ2) is 8.98. The van der Waals surface area contributed by atoms with Crippen LogP contribution in [0.15, 0.2) is 89.8 Å². The summed E-state index contributed by atoms with van der Waals surface area (Å²) in [4.78, 5) is 13.7. The molecule has 0 saturated carbocycles. The van der Waals surface area contributed by atoms with Gasteiger partial charge in [0.15, 0.2) is 0 Å². The molecule has 0 saturated heterocycles. The number of nitrogens with one attached hydrogen (secondary N) is 1. The van der Waals surface area contributed by atoms with Crippen molar-refractivity contribution in [1.82, 2.24) is 20.2 Å². The number of carbonyl (C=O) groups is 1. The van der Waals surface area contributed by atoms with Gasteiger partial charge in [0, 0.05) is 18.3 Å². The van der Waals surface area contributed by atoms with Gasteiger partial charge in [0.2, 0.25) is 11.7 Å². The summed E-state index contributed by atoms with van der Waals surface area (Å²) in [6.07, 6.45) is 0. The molecule has 1 N–H and O–H groups in total. The van der Waals surface area contributed by atoms with Crippen LogP contribution in [0.3, 0.4) is 0 Å². The second-order valence-corrected chi connectivity index (χ2v) is 8.86. The molecule has 1 heterocycles. The third-order valence-electron chi connectivity index (χ3n) is 4.67. The van der Waals surface area contributed by atoms with Crippen LogP contribution >= 0.6 is 0 Å². The first-order valence-electron chi connectivity index (χ1n) is 9.70. The number of benzene rings is 3. The van der Waals surface area contributed by atoms with Gasteiger partial charge in [-0.1, -0.05) is 54.6 Å². The van der Waals surface area contributed by atoms with E-state index in [1.165, 1.54) is 28.3 Å². The number of nitrogens with zero attached hydrogens (tertiary/aromatic N) is 5. The Hall–Kier alpha value is -4.05. The molecular formula is C22H20N6O3S. The molecule has 32 heavy (non-hydrogen) atoms. The number of tetrazole rings is 1. The Morgan fingerprint density at radius 2 is 1.66 bits per heavy atom. The Morgan fingerprint density at radius 3 is 2.38 bits per heavy atom. The van der Waals surface area contributed by atoms with Crippen LogP contribution in [0.25, 0.3) is 11.4 Å². The van der Waals surface area contributed by atoms with E-state index in [0.717, 1.165) is 5.56 Å². The molecule has 1 amide bonds. The number of hydrogen-bond acceptors (Lipinski definition) is 6. The van der Waals surface area contributed by atoms with Crippen LogP contribution in [0.5, 0.6) is 0 Å². The van der Waals surface area contributed by atoms with Crippen LogP contribution in [-0.4, -0.2) is 41.6 Å². The third kappa shape index (κ3) is 4.65. The monoisotopic (exact) mass is 448 g/mol. The number of rotatable bonds is 7. The van der Waals surface area contributed by atoms with E-state index in [9.17, 15) is 13.2 Å². The summed E-state index contributed by atoms with van der Waals surface area (Å²) in [5.74, 6) is 0.00316. The van der Waals surface area contributed by atoms with Gasteiger partial charge in [-0.3, -0.25) is 9.10 Å². The minimum absolute atomic E-state index is 0.0619. The van der Waals surface area contributed by atoms with Crippen molar-refractivity contribution >= 4 is 27.3 Å². The highest BCUT2D eigenvalue weighted by molar-refractivity contribution is 7.92. The summed E-state index contributed by atoms with van der Waals surface area (Å²) in [6.45, 7) is -0.166. The number of aromatic nitrogens is 4. The molecule has 4 rings (SSSR count). The molecule has 3 aromatic carbocycles. The topological polar surface area (TPSA) is 110 Å². The quantitative estimate of drug-likeness (QED) is 0.466. The molecule has 0 fully saturated rings. The maximum Gasteiger partial charge on any atom is 0.264 e. The zero-order chi connectivity index (χ0) is 22.6. The number of amides is 1. The number of para-hydroxylation sites is 1. The first kappa shape index (κ1) is 21.2. The van der Waals surface area contributed by atoms with Gasteiger partial charge < -0.3 is 5.32 Å². The fourth-order valence-electron chi connectivity index (χ4n) is 3.01. The average Bonchev–Trinajstić information content (AvgIpc) is 3.28. The highest BCUT2D eigenvalue weighted by atomic mass is 32.2. The lowest BCUT2D eigenvalue weighted by molar-refractivity contribution is -0.117. The molecule has 9 nitrogen and oxygen atoms in total. The molecule has 4 aromatic rings. The van der Waals surface area contributed by atoms with Crippen molar-refractivity contribution in [2.24, 2.45) is 0 Å². The first-order chi connectivity index (χ1) is 15.4. The summed E-state index contributed by atoms with van der Waals surface area (Å²) in [5.41, 5.74) is 1.67. The lowest BCUT2D eigenvalue weighted by atomic mass is 10.2. The van der Waals surface area contributed by atoms with Crippen LogP contribution in [0, 0.1) is 0 Å². The zero-order valence-electron chi connectivity index (χ0n) is 17.2. The Morgan fingerprint density at radius 1 is 0.969 bits per heavy atom. The van der Waals surface area contributed by atoms with Gasteiger partial charge in [0.25, 0.3) is 10.0 Å². The summed E-state index contributed by atoms with van der Waals surface area (Å²) in [7, 11) is -2.31. The lowest BCUT2D eigenvalue weighted by Crippen LogP contribution is -2.26. The highest BCUT2D eigenvalue weighted by Crippen LogP contribution is 2.23. The van der Waals surface area contributed by atoms with Gasteiger partial charge >= 0.3 is 0 Å². The Bertz CT molecular complexity index is 1320. The minimum Gasteiger partial charge on any atom is -0.324 e. The van der Waals surface area contributed by atoms with Crippen LogP contribution in [-0.2, 0) is 21.4 Å². The minimum atomic E-state index is -3.79. The predicted octanol–water partition coefficient (Wildman–Crippen LogP) is 2.80. The molecule has 0 aliphatic heterocycles. The van der Waals surface area contributed by atoms with Crippen molar-refractivity contribution in [3.8, 4) is 11.4 Å². The molecule has 162 valence electrons. The molecule has 10 heteroatoms. The number of hydrogen-bond donors (Lipinski definition) is 1. The van der Waals surface area contributed by atoms with Crippen molar-refractivity contribution in [2.45, 2.75) is 11.4 Å². The molecule has 0 aliphatic carbocycles. The van der Waals surface area contributed by atoms with E-state index in [4.69, 9.17) is 0 Å². The predicted molar refractivity (Wildman–Crippen MR) is 120 cm³/mol. The van der Waals surface area contributed by atoms with E-state index < -0.39 is 15.9 Å². The van der Waals surface area contributed by atoms with Crippen molar-refractivity contribution < 1.29 is 13.2 Å². The highest BCUT2D eigenvalue weighted by Gasteiger charge is 2.21. The maximum atomic E-state index is 13.0. The SMILES string of the molecule is CN(c1ccccc1)S(=O)(=O)c1cccc(NC(=O)Cn2nnc(-c3ccccc3)n2)c1. The van der Waals surface area contributed by atoms with Gasteiger partial charge in [0.1, 0.15) is 6.54 Å². The molecule has 0 bridgehead atoms. The lowest BCUT2D eigenvalue weighted by Gasteiger charge is -2.19. The molecule has 0 atom stereocenters. The standard InChI is InChI=1S/C22H20N6O3S/c1-27(19-12-6-3-7-13-19)32(30,31)20-14-8-11-18(15-20)23-21(29)16-28-25-22(24-26-28)17-9-4-2-5-10-17/h2-15H,16H2,1H3,(H,23,29). The first-order valence-corrected chi connectivity index (χ1v) is 11.1. The van der Waals surface area contributed by atoms with Gasteiger partial charge in [-0.15, -0.1) is 10.2 Å². The van der Waals surface area contributed by atoms with Gasteiger partial charge in [-0.2, -0.15) is 4.80 Å². The molecule has 0 spiro atoms.